The molecule has 2 amide bonds. The number of amides is 2. The number of furan rings is 1. The Kier molecular flexibility index (Phi) is 6.47. The van der Waals surface area contributed by atoms with Gasteiger partial charge in [0.2, 0.25) is 0 Å². The fraction of sp³-hybridized carbons (Fsp3) is 0.421. The highest BCUT2D eigenvalue weighted by Crippen LogP contribution is 2.22. The summed E-state index contributed by atoms with van der Waals surface area (Å²) in [6.07, 6.45) is 1.22. The first-order chi connectivity index (χ1) is 11.8. The number of aryl methyl sites for hydroxylation is 1. The Hall–Kier alpha value is -2.47. The average molecular weight is 346 g/mol. The first-order valence-corrected chi connectivity index (χ1v) is 8.41. The quantitative estimate of drug-likeness (QED) is 0.707. The number of hydrogen-bond acceptors (Lipinski definition) is 4. The Balaban J connectivity index is 1.87. The topological polar surface area (TPSA) is 83.7 Å². The van der Waals surface area contributed by atoms with Gasteiger partial charge in [0.1, 0.15) is 17.6 Å². The number of urea groups is 1. The Morgan fingerprint density at radius 3 is 2.64 bits per heavy atom. The molecule has 136 valence electrons. The molecule has 25 heavy (non-hydrogen) atoms. The molecule has 0 aliphatic carbocycles. The summed E-state index contributed by atoms with van der Waals surface area (Å²) in [5.41, 5.74) is 1.63. The second-order valence-corrected chi connectivity index (χ2v) is 6.41. The largest absolute Gasteiger partial charge is 0.491 e. The number of nitrogens with one attached hydrogen (secondary N) is 2. The van der Waals surface area contributed by atoms with Crippen LogP contribution in [0.15, 0.2) is 41.0 Å². The van der Waals surface area contributed by atoms with E-state index in [-0.39, 0.29) is 18.2 Å². The summed E-state index contributed by atoms with van der Waals surface area (Å²) in [4.78, 5) is 12.1. The molecule has 3 N–H and O–H groups in total. The highest BCUT2D eigenvalue weighted by Gasteiger charge is 2.16. The predicted octanol–water partition coefficient (Wildman–Crippen LogP) is 4.01. The van der Waals surface area contributed by atoms with Crippen molar-refractivity contribution in [3.8, 4) is 5.75 Å². The summed E-state index contributed by atoms with van der Waals surface area (Å²) in [6.45, 7) is 7.67. The molecule has 0 aliphatic rings. The Bertz CT molecular complexity index is 683. The molecule has 6 heteroatoms. The zero-order chi connectivity index (χ0) is 18.4. The van der Waals surface area contributed by atoms with E-state index in [4.69, 9.17) is 9.15 Å². The van der Waals surface area contributed by atoms with Crippen molar-refractivity contribution >= 4 is 11.7 Å². The van der Waals surface area contributed by atoms with Gasteiger partial charge in [0.05, 0.1) is 12.4 Å². The minimum atomic E-state index is -0.750. The summed E-state index contributed by atoms with van der Waals surface area (Å²) in [6, 6.07) is 8.42. The summed E-state index contributed by atoms with van der Waals surface area (Å²) >= 11 is 0. The zero-order valence-corrected chi connectivity index (χ0v) is 15.1. The van der Waals surface area contributed by atoms with Crippen molar-refractivity contribution in [1.82, 2.24) is 5.32 Å². The van der Waals surface area contributed by atoms with Crippen LogP contribution < -0.4 is 15.4 Å². The van der Waals surface area contributed by atoms with E-state index >= 15 is 0 Å². The van der Waals surface area contributed by atoms with E-state index < -0.39 is 6.10 Å². The first-order valence-electron chi connectivity index (χ1n) is 8.41. The normalized spacial score (nSPS) is 13.4. The number of ether oxygens (including phenoxy) is 1. The first kappa shape index (κ1) is 18.9. The van der Waals surface area contributed by atoms with Crippen LogP contribution >= 0.6 is 0 Å². The van der Waals surface area contributed by atoms with Gasteiger partial charge in [-0.1, -0.05) is 0 Å². The van der Waals surface area contributed by atoms with Crippen molar-refractivity contribution < 1.29 is 19.1 Å². The van der Waals surface area contributed by atoms with E-state index in [0.29, 0.717) is 17.9 Å². The van der Waals surface area contributed by atoms with Crippen LogP contribution in [0.1, 0.15) is 44.6 Å². The lowest BCUT2D eigenvalue weighted by atomic mass is 10.1. The molecule has 0 saturated heterocycles. The van der Waals surface area contributed by atoms with Crippen LogP contribution in [0.5, 0.6) is 5.75 Å². The second kappa shape index (κ2) is 8.58. The van der Waals surface area contributed by atoms with Crippen molar-refractivity contribution in [2.24, 2.45) is 0 Å². The molecule has 0 aliphatic heterocycles. The molecular weight excluding hydrogens is 320 g/mol. The van der Waals surface area contributed by atoms with Crippen LogP contribution in [0.3, 0.4) is 0 Å². The molecular formula is C19H26N2O4. The van der Waals surface area contributed by atoms with Gasteiger partial charge >= 0.3 is 6.03 Å². The van der Waals surface area contributed by atoms with E-state index in [9.17, 15) is 9.90 Å². The fourth-order valence-corrected chi connectivity index (χ4v) is 2.49. The number of carbonyl (C=O) groups excluding carboxylic acids is 1. The molecule has 2 atom stereocenters. The smallest absolute Gasteiger partial charge is 0.319 e. The molecule has 2 rings (SSSR count). The molecule has 1 aromatic carbocycles. The van der Waals surface area contributed by atoms with Crippen molar-refractivity contribution in [3.63, 3.8) is 0 Å². The molecule has 1 aromatic heterocycles. The minimum absolute atomic E-state index is 0.1000. The van der Waals surface area contributed by atoms with E-state index in [1.807, 2.05) is 45.9 Å². The minimum Gasteiger partial charge on any atom is -0.491 e. The van der Waals surface area contributed by atoms with E-state index in [2.05, 4.69) is 10.6 Å². The predicted molar refractivity (Wildman–Crippen MR) is 96.8 cm³/mol. The van der Waals surface area contributed by atoms with E-state index in [1.165, 1.54) is 6.26 Å². The summed E-state index contributed by atoms with van der Waals surface area (Å²) in [5, 5.41) is 15.7. The molecule has 6 nitrogen and oxygen atoms in total. The molecule has 0 spiro atoms. The Labute approximate surface area is 148 Å². The summed E-state index contributed by atoms with van der Waals surface area (Å²) < 4.78 is 10.8. The molecule has 0 saturated carbocycles. The standard InChI is InChI=1S/C19H26N2O4/c1-12(2)25-15-7-8-16(13(3)10-15)21-19(23)20-14(4)11-17(22)18-6-5-9-24-18/h5-10,12,14,17,22H,11H2,1-4H3,(H2,20,21,23)/t14-,17-/m0/s1. The van der Waals surface area contributed by atoms with Gasteiger partial charge in [0.15, 0.2) is 0 Å². The molecule has 0 fully saturated rings. The number of anilines is 1. The number of hydrogen-bond donors (Lipinski definition) is 3. The number of carbonyl (C=O) groups is 1. The molecule has 1 heterocycles. The summed E-state index contributed by atoms with van der Waals surface area (Å²) in [7, 11) is 0. The van der Waals surface area contributed by atoms with E-state index in [0.717, 1.165) is 11.3 Å². The fourth-order valence-electron chi connectivity index (χ4n) is 2.49. The van der Waals surface area contributed by atoms with Crippen LogP contribution in [0.2, 0.25) is 0 Å². The highest BCUT2D eigenvalue weighted by molar-refractivity contribution is 5.90. The zero-order valence-electron chi connectivity index (χ0n) is 15.1. The lowest BCUT2D eigenvalue weighted by Gasteiger charge is -2.18. The Morgan fingerprint density at radius 2 is 2.04 bits per heavy atom. The van der Waals surface area contributed by atoms with Crippen molar-refractivity contribution in [1.29, 1.82) is 0 Å². The van der Waals surface area contributed by atoms with Crippen LogP contribution in [0.25, 0.3) is 0 Å². The van der Waals surface area contributed by atoms with Crippen LogP contribution in [-0.4, -0.2) is 23.3 Å². The molecule has 2 aromatic rings. The third-order valence-corrected chi connectivity index (χ3v) is 3.64. The van der Waals surface area contributed by atoms with Gasteiger partial charge in [0.25, 0.3) is 0 Å². The lowest BCUT2D eigenvalue weighted by Crippen LogP contribution is -2.37. The van der Waals surface area contributed by atoms with Gasteiger partial charge in [0, 0.05) is 18.2 Å². The van der Waals surface area contributed by atoms with Gasteiger partial charge < -0.3 is 24.9 Å². The number of aliphatic hydroxyl groups excluding tert-OH is 1. The van der Waals surface area contributed by atoms with Crippen molar-refractivity contribution in [2.75, 3.05) is 5.32 Å². The molecule has 0 unspecified atom stereocenters. The van der Waals surface area contributed by atoms with Gasteiger partial charge in [-0.2, -0.15) is 0 Å². The summed E-state index contributed by atoms with van der Waals surface area (Å²) in [5.74, 6) is 1.26. The van der Waals surface area contributed by atoms with Gasteiger partial charge in [-0.3, -0.25) is 0 Å². The maximum absolute atomic E-state index is 12.1. The lowest BCUT2D eigenvalue weighted by molar-refractivity contribution is 0.130. The van der Waals surface area contributed by atoms with Gasteiger partial charge in [-0.05, 0) is 63.6 Å². The molecule has 0 radical (unpaired) electrons. The van der Waals surface area contributed by atoms with Crippen LogP contribution in [-0.2, 0) is 0 Å². The third-order valence-electron chi connectivity index (χ3n) is 3.64. The third kappa shape index (κ3) is 5.83. The number of rotatable bonds is 7. The SMILES string of the molecule is Cc1cc(OC(C)C)ccc1NC(=O)N[C@@H](C)C[C@H](O)c1ccco1. The Morgan fingerprint density at radius 1 is 1.28 bits per heavy atom. The van der Waals surface area contributed by atoms with Gasteiger partial charge in [-0.15, -0.1) is 0 Å². The number of benzene rings is 1. The van der Waals surface area contributed by atoms with Crippen molar-refractivity contribution in [2.45, 2.75) is 52.4 Å². The monoisotopic (exact) mass is 346 g/mol. The second-order valence-electron chi connectivity index (χ2n) is 6.41. The number of aliphatic hydroxyl groups is 1. The van der Waals surface area contributed by atoms with Crippen molar-refractivity contribution in [3.05, 3.63) is 47.9 Å². The maximum atomic E-state index is 12.1. The highest BCUT2D eigenvalue weighted by atomic mass is 16.5. The van der Waals surface area contributed by atoms with Crippen LogP contribution in [0.4, 0.5) is 10.5 Å². The van der Waals surface area contributed by atoms with Gasteiger partial charge in [-0.25, -0.2) is 4.79 Å². The average Bonchev–Trinajstić information content (AvgIpc) is 3.03. The maximum Gasteiger partial charge on any atom is 0.319 e. The molecule has 0 bridgehead atoms. The van der Waals surface area contributed by atoms with E-state index in [1.54, 1.807) is 12.1 Å². The van der Waals surface area contributed by atoms with Crippen LogP contribution in [0, 0.1) is 6.92 Å².